The van der Waals surface area contributed by atoms with Crippen molar-refractivity contribution in [2.24, 2.45) is 0 Å². The Balaban J connectivity index is 1.47. The molecule has 0 radical (unpaired) electrons. The molecule has 180 valence electrons. The zero-order valence-electron chi connectivity index (χ0n) is 19.4. The lowest BCUT2D eigenvalue weighted by Crippen LogP contribution is -2.49. The summed E-state index contributed by atoms with van der Waals surface area (Å²) in [5.74, 6) is 1.36. The van der Waals surface area contributed by atoms with Crippen LogP contribution < -0.4 is 4.90 Å². The van der Waals surface area contributed by atoms with Gasteiger partial charge in [0.15, 0.2) is 11.5 Å². The number of aryl methyl sites for hydroxylation is 1. The average molecular weight is 511 g/mol. The first kappa shape index (κ1) is 23.5. The van der Waals surface area contributed by atoms with Crippen LogP contribution in [0.1, 0.15) is 21.9 Å². The van der Waals surface area contributed by atoms with Gasteiger partial charge in [-0.2, -0.15) is 5.10 Å². The minimum atomic E-state index is -0.000760. The molecule has 4 aromatic rings. The van der Waals surface area contributed by atoms with Crippen LogP contribution in [0.5, 0.6) is 0 Å². The SMILES string of the molecule is COCc1nc(N2CCN(C(=O)c3ccc(Cl)cc3)CC2)c2c(C)nn(-c3cccc(Cl)c3)c2n1. The van der Waals surface area contributed by atoms with Crippen molar-refractivity contribution in [3.63, 3.8) is 0 Å². The highest BCUT2D eigenvalue weighted by atomic mass is 35.5. The van der Waals surface area contributed by atoms with Gasteiger partial charge in [-0.3, -0.25) is 4.79 Å². The summed E-state index contributed by atoms with van der Waals surface area (Å²) in [7, 11) is 1.62. The van der Waals surface area contributed by atoms with Crippen LogP contribution in [0, 0.1) is 6.92 Å². The summed E-state index contributed by atoms with van der Waals surface area (Å²) in [5.41, 5.74) is 2.97. The van der Waals surface area contributed by atoms with Crippen LogP contribution in [0.2, 0.25) is 10.0 Å². The summed E-state index contributed by atoms with van der Waals surface area (Å²) in [4.78, 5) is 26.6. The van der Waals surface area contributed by atoms with Crippen LogP contribution in [0.3, 0.4) is 0 Å². The monoisotopic (exact) mass is 510 g/mol. The van der Waals surface area contributed by atoms with Crippen molar-refractivity contribution in [3.05, 3.63) is 75.7 Å². The zero-order chi connectivity index (χ0) is 24.5. The van der Waals surface area contributed by atoms with Gasteiger partial charge in [0.05, 0.1) is 16.8 Å². The molecule has 2 aromatic heterocycles. The highest BCUT2D eigenvalue weighted by Gasteiger charge is 2.27. The molecular weight excluding hydrogens is 487 g/mol. The molecule has 1 amide bonds. The van der Waals surface area contributed by atoms with Crippen molar-refractivity contribution in [1.82, 2.24) is 24.6 Å². The maximum atomic E-state index is 12.9. The number of methoxy groups -OCH3 is 1. The van der Waals surface area contributed by atoms with Gasteiger partial charge >= 0.3 is 0 Å². The Kier molecular flexibility index (Phi) is 6.60. The average Bonchev–Trinajstić information content (AvgIpc) is 3.20. The minimum Gasteiger partial charge on any atom is -0.377 e. The third-order valence-corrected chi connectivity index (χ3v) is 6.50. The molecule has 1 saturated heterocycles. The van der Waals surface area contributed by atoms with Crippen LogP contribution in [-0.4, -0.2) is 63.8 Å². The molecule has 5 rings (SSSR count). The maximum Gasteiger partial charge on any atom is 0.253 e. The molecule has 0 saturated carbocycles. The smallest absolute Gasteiger partial charge is 0.253 e. The normalized spacial score (nSPS) is 14.1. The number of nitrogens with zero attached hydrogens (tertiary/aromatic N) is 6. The number of ether oxygens (including phenoxy) is 1. The van der Waals surface area contributed by atoms with E-state index in [9.17, 15) is 4.79 Å². The van der Waals surface area contributed by atoms with E-state index in [1.165, 1.54) is 0 Å². The van der Waals surface area contributed by atoms with Gasteiger partial charge in [0.2, 0.25) is 0 Å². The summed E-state index contributed by atoms with van der Waals surface area (Å²) in [6.45, 7) is 4.66. The summed E-state index contributed by atoms with van der Waals surface area (Å²) >= 11 is 12.2. The second kappa shape index (κ2) is 9.81. The lowest BCUT2D eigenvalue weighted by Gasteiger charge is -2.35. The lowest BCUT2D eigenvalue weighted by molar-refractivity contribution is 0.0746. The van der Waals surface area contributed by atoms with Gasteiger partial charge in [0.1, 0.15) is 12.4 Å². The quantitative estimate of drug-likeness (QED) is 0.392. The largest absolute Gasteiger partial charge is 0.377 e. The second-order valence-electron chi connectivity index (χ2n) is 8.36. The summed E-state index contributed by atoms with van der Waals surface area (Å²) in [5, 5.41) is 6.87. The molecule has 0 unspecified atom stereocenters. The van der Waals surface area contributed by atoms with E-state index in [1.807, 2.05) is 36.1 Å². The Morgan fingerprint density at radius 1 is 1.00 bits per heavy atom. The van der Waals surface area contributed by atoms with Crippen LogP contribution in [0.25, 0.3) is 16.7 Å². The van der Waals surface area contributed by atoms with E-state index < -0.39 is 0 Å². The highest BCUT2D eigenvalue weighted by Crippen LogP contribution is 2.30. The molecule has 0 aliphatic carbocycles. The van der Waals surface area contributed by atoms with Crippen molar-refractivity contribution in [2.45, 2.75) is 13.5 Å². The number of fused-ring (bicyclic) bond motifs is 1. The van der Waals surface area contributed by atoms with Gasteiger partial charge < -0.3 is 14.5 Å². The molecule has 8 nitrogen and oxygen atoms in total. The van der Waals surface area contributed by atoms with Crippen LogP contribution in [0.15, 0.2) is 48.5 Å². The van der Waals surface area contributed by atoms with E-state index in [2.05, 4.69) is 4.90 Å². The topological polar surface area (TPSA) is 76.4 Å². The first-order valence-electron chi connectivity index (χ1n) is 11.3. The Morgan fingerprint density at radius 3 is 2.43 bits per heavy atom. The Bertz CT molecular complexity index is 1380. The van der Waals surface area contributed by atoms with E-state index in [4.69, 9.17) is 43.0 Å². The Morgan fingerprint density at radius 2 is 1.74 bits per heavy atom. The fourth-order valence-corrected chi connectivity index (χ4v) is 4.62. The number of amides is 1. The molecule has 3 heterocycles. The number of hydrogen-bond donors (Lipinski definition) is 0. The predicted molar refractivity (Wildman–Crippen MR) is 137 cm³/mol. The number of benzene rings is 2. The van der Waals surface area contributed by atoms with Gasteiger partial charge in [-0.1, -0.05) is 29.3 Å². The minimum absolute atomic E-state index is 0.000760. The summed E-state index contributed by atoms with van der Waals surface area (Å²) < 4.78 is 7.13. The molecule has 0 atom stereocenters. The first-order valence-corrected chi connectivity index (χ1v) is 12.0. The molecule has 1 aliphatic rings. The fraction of sp³-hybridized carbons (Fsp3) is 0.280. The number of anilines is 1. The number of halogens is 2. The molecule has 0 N–H and O–H groups in total. The van der Waals surface area contributed by atoms with E-state index >= 15 is 0 Å². The Hall–Kier alpha value is -3.20. The third kappa shape index (κ3) is 4.69. The third-order valence-electron chi connectivity index (χ3n) is 6.01. The fourth-order valence-electron chi connectivity index (χ4n) is 4.31. The van der Waals surface area contributed by atoms with Crippen molar-refractivity contribution < 1.29 is 9.53 Å². The Labute approximate surface area is 213 Å². The van der Waals surface area contributed by atoms with Gasteiger partial charge in [-0.25, -0.2) is 14.6 Å². The van der Waals surface area contributed by atoms with Gasteiger partial charge in [0.25, 0.3) is 5.91 Å². The highest BCUT2D eigenvalue weighted by molar-refractivity contribution is 6.31. The molecule has 2 aromatic carbocycles. The van der Waals surface area contributed by atoms with Crippen molar-refractivity contribution in [2.75, 3.05) is 38.2 Å². The molecule has 1 fully saturated rings. The molecule has 1 aliphatic heterocycles. The van der Waals surface area contributed by atoms with Crippen LogP contribution in [0.4, 0.5) is 5.82 Å². The van der Waals surface area contributed by atoms with Gasteiger partial charge in [0, 0.05) is 48.9 Å². The van der Waals surface area contributed by atoms with Gasteiger partial charge in [-0.05, 0) is 49.4 Å². The van der Waals surface area contributed by atoms with E-state index in [1.54, 1.807) is 36.1 Å². The van der Waals surface area contributed by atoms with Gasteiger partial charge in [-0.15, -0.1) is 0 Å². The predicted octanol–water partition coefficient (Wildman–Crippen LogP) is 4.54. The number of hydrogen-bond acceptors (Lipinski definition) is 6. The van der Waals surface area contributed by atoms with Crippen molar-refractivity contribution in [3.8, 4) is 5.69 Å². The number of carbonyl (C=O) groups is 1. The first-order chi connectivity index (χ1) is 16.9. The van der Waals surface area contributed by atoms with E-state index in [0.29, 0.717) is 53.3 Å². The van der Waals surface area contributed by atoms with Crippen LogP contribution >= 0.6 is 23.2 Å². The molecule has 0 bridgehead atoms. The van der Waals surface area contributed by atoms with E-state index in [-0.39, 0.29) is 12.5 Å². The summed E-state index contributed by atoms with van der Waals surface area (Å²) in [6.07, 6.45) is 0. The molecular formula is C25H24Cl2N6O2. The zero-order valence-corrected chi connectivity index (χ0v) is 20.9. The number of carbonyl (C=O) groups excluding carboxylic acids is 1. The second-order valence-corrected chi connectivity index (χ2v) is 9.23. The maximum absolute atomic E-state index is 12.9. The van der Waals surface area contributed by atoms with E-state index in [0.717, 1.165) is 22.6 Å². The van der Waals surface area contributed by atoms with Crippen LogP contribution in [-0.2, 0) is 11.3 Å². The number of aromatic nitrogens is 4. The molecule has 35 heavy (non-hydrogen) atoms. The summed E-state index contributed by atoms with van der Waals surface area (Å²) in [6, 6.07) is 14.5. The van der Waals surface area contributed by atoms with Crippen molar-refractivity contribution in [1.29, 1.82) is 0 Å². The number of rotatable bonds is 5. The lowest BCUT2D eigenvalue weighted by atomic mass is 10.1. The number of piperazine rings is 1. The molecule has 0 spiro atoms. The van der Waals surface area contributed by atoms with Crippen molar-refractivity contribution >= 4 is 46.0 Å². The standard InChI is InChI=1S/C25H24Cl2N6O2/c1-16-22-23(31-10-12-32(13-11-31)25(34)17-6-8-18(26)9-7-17)28-21(15-35-2)29-24(22)33(30-16)20-5-3-4-19(27)14-20/h3-9,14H,10-13,15H2,1-2H3. The molecule has 10 heteroatoms.